The fraction of sp³-hybridized carbons (Fsp3) is 0.619. The largest absolute Gasteiger partial charge is 0.443 e. The van der Waals surface area contributed by atoms with Crippen LogP contribution in [0.5, 0.6) is 0 Å². The lowest BCUT2D eigenvalue weighted by Crippen LogP contribution is -2.36. The lowest BCUT2D eigenvalue weighted by molar-refractivity contribution is 0.0329. The number of aromatic nitrogens is 2. The van der Waals surface area contributed by atoms with E-state index in [1.165, 1.54) is 11.1 Å². The van der Waals surface area contributed by atoms with Gasteiger partial charge < -0.3 is 10.5 Å². The standard InChI is InChI=1S/C21H32N4O2/c1-20(2,3)17-12-18(22)25(23-17)16-8-7-14-9-10-24(13-15(14)11-16)19(26)27-21(4,5)6/h7,12-13,16H,8-11,22H2,1-6H3. The summed E-state index contributed by atoms with van der Waals surface area (Å²) in [7, 11) is 0. The van der Waals surface area contributed by atoms with Gasteiger partial charge in [-0.25, -0.2) is 9.48 Å². The SMILES string of the molecule is CC(C)(C)OC(=O)N1C=C2CC(n3nc(C(C)(C)C)cc3N)CC=C2CC1. The first-order valence-corrected chi connectivity index (χ1v) is 9.69. The monoisotopic (exact) mass is 372 g/mol. The van der Waals surface area contributed by atoms with Crippen LogP contribution in [0.4, 0.5) is 10.6 Å². The Bertz CT molecular complexity index is 790. The molecule has 0 aromatic carbocycles. The summed E-state index contributed by atoms with van der Waals surface area (Å²) in [6, 6.07) is 2.15. The maximum atomic E-state index is 12.4. The quantitative estimate of drug-likeness (QED) is 0.785. The normalized spacial score (nSPS) is 20.7. The molecule has 0 saturated heterocycles. The smallest absolute Gasteiger partial charge is 0.414 e. The number of allylic oxidation sites excluding steroid dienone is 2. The number of amides is 1. The summed E-state index contributed by atoms with van der Waals surface area (Å²) >= 11 is 0. The molecule has 6 nitrogen and oxygen atoms in total. The maximum absolute atomic E-state index is 12.4. The number of nitrogens with zero attached hydrogens (tertiary/aromatic N) is 3. The van der Waals surface area contributed by atoms with Crippen LogP contribution in [0.2, 0.25) is 0 Å². The minimum absolute atomic E-state index is 0.0351. The highest BCUT2D eigenvalue weighted by Gasteiger charge is 2.30. The van der Waals surface area contributed by atoms with E-state index < -0.39 is 5.60 Å². The Balaban J connectivity index is 1.80. The van der Waals surface area contributed by atoms with E-state index in [9.17, 15) is 4.79 Å². The van der Waals surface area contributed by atoms with E-state index in [1.54, 1.807) is 4.90 Å². The zero-order chi connectivity index (χ0) is 20.0. The third-order valence-electron chi connectivity index (χ3n) is 4.94. The van der Waals surface area contributed by atoms with Gasteiger partial charge in [0.05, 0.1) is 11.7 Å². The zero-order valence-electron chi connectivity index (χ0n) is 17.4. The lowest BCUT2D eigenvalue weighted by atomic mass is 9.87. The van der Waals surface area contributed by atoms with Crippen molar-refractivity contribution in [3.8, 4) is 0 Å². The average Bonchev–Trinajstić information content (AvgIpc) is 2.94. The van der Waals surface area contributed by atoms with Crippen LogP contribution in [0, 0.1) is 0 Å². The summed E-state index contributed by atoms with van der Waals surface area (Å²) < 4.78 is 7.46. The van der Waals surface area contributed by atoms with Gasteiger partial charge in [0.15, 0.2) is 0 Å². The number of nitrogen functional groups attached to an aromatic ring is 1. The summed E-state index contributed by atoms with van der Waals surface area (Å²) in [6.45, 7) is 12.7. The number of anilines is 1. The molecule has 0 saturated carbocycles. The molecule has 1 amide bonds. The Labute approximate surface area is 162 Å². The molecule has 6 heteroatoms. The highest BCUT2D eigenvalue weighted by Crippen LogP contribution is 2.37. The van der Waals surface area contributed by atoms with Crippen LogP contribution < -0.4 is 5.73 Å². The van der Waals surface area contributed by atoms with Crippen molar-refractivity contribution >= 4 is 11.9 Å². The Hall–Kier alpha value is -2.24. The van der Waals surface area contributed by atoms with Gasteiger partial charge in [-0.3, -0.25) is 4.90 Å². The van der Waals surface area contributed by atoms with Crippen molar-refractivity contribution in [1.82, 2.24) is 14.7 Å². The van der Waals surface area contributed by atoms with Crippen LogP contribution >= 0.6 is 0 Å². The summed E-state index contributed by atoms with van der Waals surface area (Å²) in [4.78, 5) is 14.1. The summed E-state index contributed by atoms with van der Waals surface area (Å²) in [5.74, 6) is 0.696. The molecule has 3 rings (SSSR count). The van der Waals surface area contributed by atoms with Gasteiger partial charge in [-0.15, -0.1) is 0 Å². The molecule has 1 atom stereocenters. The van der Waals surface area contributed by atoms with Gasteiger partial charge >= 0.3 is 6.09 Å². The zero-order valence-corrected chi connectivity index (χ0v) is 17.4. The second-order valence-electron chi connectivity index (χ2n) is 9.55. The van der Waals surface area contributed by atoms with Gasteiger partial charge in [-0.05, 0) is 51.2 Å². The predicted octanol–water partition coefficient (Wildman–Crippen LogP) is 4.55. The Kier molecular flexibility index (Phi) is 4.87. The molecule has 1 aromatic heterocycles. The average molecular weight is 373 g/mol. The Morgan fingerprint density at radius 1 is 1.22 bits per heavy atom. The van der Waals surface area contributed by atoms with Gasteiger partial charge in [0.2, 0.25) is 0 Å². The number of carbonyl (C=O) groups excluding carboxylic acids is 1. The summed E-state index contributed by atoms with van der Waals surface area (Å²) in [6.07, 6.45) is 6.52. The van der Waals surface area contributed by atoms with Gasteiger partial charge in [0.1, 0.15) is 11.4 Å². The minimum Gasteiger partial charge on any atom is -0.443 e. The van der Waals surface area contributed by atoms with Crippen molar-refractivity contribution in [1.29, 1.82) is 0 Å². The van der Waals surface area contributed by atoms with E-state index in [0.717, 1.165) is 25.0 Å². The molecule has 0 spiro atoms. The van der Waals surface area contributed by atoms with Crippen molar-refractivity contribution in [2.75, 3.05) is 12.3 Å². The molecule has 2 heterocycles. The van der Waals surface area contributed by atoms with Gasteiger partial charge in [-0.1, -0.05) is 26.8 Å². The molecule has 1 aromatic rings. The summed E-state index contributed by atoms with van der Waals surface area (Å²) in [5.41, 5.74) is 9.24. The molecule has 148 valence electrons. The van der Waals surface area contributed by atoms with E-state index in [0.29, 0.717) is 12.4 Å². The number of ether oxygens (including phenoxy) is 1. The van der Waals surface area contributed by atoms with Crippen molar-refractivity contribution in [2.24, 2.45) is 0 Å². The third-order valence-corrected chi connectivity index (χ3v) is 4.94. The molecule has 1 unspecified atom stereocenters. The van der Waals surface area contributed by atoms with Gasteiger partial charge in [0.25, 0.3) is 0 Å². The van der Waals surface area contributed by atoms with Crippen molar-refractivity contribution in [3.63, 3.8) is 0 Å². The predicted molar refractivity (Wildman–Crippen MR) is 107 cm³/mol. The number of carbonyl (C=O) groups is 1. The van der Waals surface area contributed by atoms with Crippen LogP contribution in [-0.2, 0) is 10.2 Å². The molecule has 2 N–H and O–H groups in total. The second-order valence-corrected chi connectivity index (χ2v) is 9.55. The van der Waals surface area contributed by atoms with Crippen LogP contribution in [-0.4, -0.2) is 32.9 Å². The molecule has 0 bridgehead atoms. The molecule has 0 fully saturated rings. The van der Waals surface area contributed by atoms with E-state index >= 15 is 0 Å². The Morgan fingerprint density at radius 3 is 2.52 bits per heavy atom. The van der Waals surface area contributed by atoms with Crippen molar-refractivity contribution in [2.45, 2.75) is 77.9 Å². The number of hydrogen-bond donors (Lipinski definition) is 1. The highest BCUT2D eigenvalue weighted by molar-refractivity contribution is 5.70. The topological polar surface area (TPSA) is 73.4 Å². The number of rotatable bonds is 1. The molecular formula is C21H32N4O2. The van der Waals surface area contributed by atoms with Crippen molar-refractivity contribution < 1.29 is 9.53 Å². The van der Waals surface area contributed by atoms with E-state index in [-0.39, 0.29) is 17.6 Å². The maximum Gasteiger partial charge on any atom is 0.414 e. The van der Waals surface area contributed by atoms with Gasteiger partial charge in [-0.2, -0.15) is 5.10 Å². The fourth-order valence-electron chi connectivity index (χ4n) is 3.49. The van der Waals surface area contributed by atoms with E-state index in [4.69, 9.17) is 15.6 Å². The van der Waals surface area contributed by atoms with Crippen LogP contribution in [0.25, 0.3) is 0 Å². The molecule has 1 aliphatic heterocycles. The lowest BCUT2D eigenvalue weighted by Gasteiger charge is -2.33. The van der Waals surface area contributed by atoms with Gasteiger partial charge in [0, 0.05) is 24.2 Å². The van der Waals surface area contributed by atoms with E-state index in [1.807, 2.05) is 37.7 Å². The molecular weight excluding hydrogens is 340 g/mol. The fourth-order valence-corrected chi connectivity index (χ4v) is 3.49. The molecule has 2 aliphatic rings. The molecule has 27 heavy (non-hydrogen) atoms. The number of fused-ring (bicyclic) bond motifs is 1. The second kappa shape index (κ2) is 6.73. The first-order chi connectivity index (χ1) is 12.4. The highest BCUT2D eigenvalue weighted by atomic mass is 16.6. The molecule has 1 aliphatic carbocycles. The Morgan fingerprint density at radius 2 is 1.93 bits per heavy atom. The van der Waals surface area contributed by atoms with Crippen LogP contribution in [0.3, 0.4) is 0 Å². The van der Waals surface area contributed by atoms with E-state index in [2.05, 4.69) is 26.8 Å². The van der Waals surface area contributed by atoms with Crippen molar-refractivity contribution in [3.05, 3.63) is 35.2 Å². The van der Waals surface area contributed by atoms with Crippen LogP contribution in [0.15, 0.2) is 29.5 Å². The third kappa shape index (κ3) is 4.37. The minimum atomic E-state index is -0.492. The first kappa shape index (κ1) is 19.5. The first-order valence-electron chi connectivity index (χ1n) is 9.69. The number of nitrogens with two attached hydrogens (primary N) is 1. The molecule has 0 radical (unpaired) electrons. The number of hydrogen-bond acceptors (Lipinski definition) is 4. The summed E-state index contributed by atoms with van der Waals surface area (Å²) in [5, 5.41) is 4.77. The van der Waals surface area contributed by atoms with Crippen LogP contribution in [0.1, 0.15) is 72.5 Å².